The van der Waals surface area contributed by atoms with E-state index in [1.165, 1.54) is 0 Å². The summed E-state index contributed by atoms with van der Waals surface area (Å²) in [5.41, 5.74) is -0.258. The lowest BCUT2D eigenvalue weighted by Crippen LogP contribution is -2.22. The molecule has 60 valence electrons. The van der Waals surface area contributed by atoms with Crippen molar-refractivity contribution in [2.45, 2.75) is 26.2 Å². The SMILES string of the molecule is CCC1C(=O)NC(=O)C12CC2. The van der Waals surface area contributed by atoms with Crippen molar-refractivity contribution in [1.29, 1.82) is 0 Å². The molecule has 1 N–H and O–H groups in total. The molecule has 0 radical (unpaired) electrons. The summed E-state index contributed by atoms with van der Waals surface area (Å²) in [7, 11) is 0. The Hall–Kier alpha value is -0.860. The van der Waals surface area contributed by atoms with Crippen LogP contribution in [-0.2, 0) is 9.59 Å². The van der Waals surface area contributed by atoms with Crippen LogP contribution in [0.1, 0.15) is 26.2 Å². The predicted molar refractivity (Wildman–Crippen MR) is 38.6 cm³/mol. The van der Waals surface area contributed by atoms with Gasteiger partial charge in [-0.2, -0.15) is 0 Å². The van der Waals surface area contributed by atoms with Gasteiger partial charge >= 0.3 is 0 Å². The number of rotatable bonds is 1. The highest BCUT2D eigenvalue weighted by atomic mass is 16.2. The van der Waals surface area contributed by atoms with Gasteiger partial charge in [-0.3, -0.25) is 14.9 Å². The van der Waals surface area contributed by atoms with E-state index >= 15 is 0 Å². The summed E-state index contributed by atoms with van der Waals surface area (Å²) in [6.45, 7) is 1.96. The minimum Gasteiger partial charge on any atom is -0.296 e. The van der Waals surface area contributed by atoms with Crippen LogP contribution in [0.5, 0.6) is 0 Å². The topological polar surface area (TPSA) is 46.2 Å². The van der Waals surface area contributed by atoms with E-state index in [2.05, 4.69) is 5.32 Å². The minimum absolute atomic E-state index is 0.0324. The van der Waals surface area contributed by atoms with Crippen molar-refractivity contribution >= 4 is 11.8 Å². The Bertz CT molecular complexity index is 230. The number of amides is 2. The zero-order valence-corrected chi connectivity index (χ0v) is 6.52. The molecule has 1 atom stereocenters. The molecule has 2 aliphatic rings. The van der Waals surface area contributed by atoms with Crippen LogP contribution in [0.3, 0.4) is 0 Å². The fourth-order valence-electron chi connectivity index (χ4n) is 2.02. The van der Waals surface area contributed by atoms with E-state index in [1.807, 2.05) is 6.92 Å². The molecular weight excluding hydrogens is 142 g/mol. The largest absolute Gasteiger partial charge is 0.296 e. The summed E-state index contributed by atoms with van der Waals surface area (Å²) < 4.78 is 0. The lowest BCUT2D eigenvalue weighted by Gasteiger charge is -2.08. The first-order chi connectivity index (χ1) is 5.20. The Morgan fingerprint density at radius 1 is 1.55 bits per heavy atom. The molecule has 2 rings (SSSR count). The van der Waals surface area contributed by atoms with E-state index < -0.39 is 0 Å². The predicted octanol–water partition coefficient (Wildman–Crippen LogP) is 0.449. The summed E-state index contributed by atoms with van der Waals surface area (Å²) in [4.78, 5) is 22.3. The van der Waals surface area contributed by atoms with Crippen molar-refractivity contribution in [3.8, 4) is 0 Å². The molecule has 3 nitrogen and oxygen atoms in total. The molecule has 1 saturated heterocycles. The van der Waals surface area contributed by atoms with Gasteiger partial charge in [-0.1, -0.05) is 6.92 Å². The molecule has 1 heterocycles. The summed E-state index contributed by atoms with van der Waals surface area (Å²) in [6.07, 6.45) is 2.60. The van der Waals surface area contributed by atoms with E-state index in [0.29, 0.717) is 0 Å². The van der Waals surface area contributed by atoms with Crippen LogP contribution in [0.15, 0.2) is 0 Å². The monoisotopic (exact) mass is 153 g/mol. The van der Waals surface area contributed by atoms with Gasteiger partial charge in [0.1, 0.15) is 0 Å². The first-order valence-corrected chi connectivity index (χ1v) is 4.06. The van der Waals surface area contributed by atoms with Crippen LogP contribution >= 0.6 is 0 Å². The van der Waals surface area contributed by atoms with Crippen LogP contribution < -0.4 is 5.32 Å². The van der Waals surface area contributed by atoms with Gasteiger partial charge in [-0.15, -0.1) is 0 Å². The Balaban J connectivity index is 2.30. The van der Waals surface area contributed by atoms with Crippen molar-refractivity contribution < 1.29 is 9.59 Å². The molecule has 2 fully saturated rings. The molecule has 11 heavy (non-hydrogen) atoms. The van der Waals surface area contributed by atoms with Gasteiger partial charge in [0.25, 0.3) is 0 Å². The van der Waals surface area contributed by atoms with Gasteiger partial charge in [0.05, 0.1) is 11.3 Å². The second kappa shape index (κ2) is 1.84. The van der Waals surface area contributed by atoms with Crippen molar-refractivity contribution in [2.75, 3.05) is 0 Å². The Morgan fingerprint density at radius 2 is 2.18 bits per heavy atom. The molecule has 1 unspecified atom stereocenters. The number of hydrogen-bond acceptors (Lipinski definition) is 2. The third-order valence-electron chi connectivity index (χ3n) is 2.87. The molecule has 0 aromatic carbocycles. The van der Waals surface area contributed by atoms with Gasteiger partial charge in [-0.05, 0) is 19.3 Å². The zero-order chi connectivity index (χ0) is 8.06. The quantitative estimate of drug-likeness (QED) is 0.556. The number of imide groups is 1. The first kappa shape index (κ1) is 6.83. The Morgan fingerprint density at radius 3 is 2.55 bits per heavy atom. The summed E-state index contributed by atoms with van der Waals surface area (Å²) in [6, 6.07) is 0. The van der Waals surface area contributed by atoms with E-state index in [9.17, 15) is 9.59 Å². The molecule has 1 spiro atoms. The second-order valence-electron chi connectivity index (χ2n) is 3.44. The van der Waals surface area contributed by atoms with Gasteiger partial charge in [-0.25, -0.2) is 0 Å². The normalized spacial score (nSPS) is 32.6. The fraction of sp³-hybridized carbons (Fsp3) is 0.750. The average molecular weight is 153 g/mol. The highest BCUT2D eigenvalue weighted by molar-refractivity contribution is 6.08. The highest BCUT2D eigenvalue weighted by Gasteiger charge is 2.61. The van der Waals surface area contributed by atoms with Crippen molar-refractivity contribution in [3.05, 3.63) is 0 Å². The summed E-state index contributed by atoms with van der Waals surface area (Å²) >= 11 is 0. The van der Waals surface area contributed by atoms with Crippen molar-refractivity contribution in [1.82, 2.24) is 5.32 Å². The van der Waals surface area contributed by atoms with E-state index in [0.717, 1.165) is 19.3 Å². The number of nitrogens with one attached hydrogen (secondary N) is 1. The van der Waals surface area contributed by atoms with Crippen molar-refractivity contribution in [3.63, 3.8) is 0 Å². The molecule has 1 saturated carbocycles. The van der Waals surface area contributed by atoms with Crippen molar-refractivity contribution in [2.24, 2.45) is 11.3 Å². The van der Waals surface area contributed by atoms with E-state index in [4.69, 9.17) is 0 Å². The minimum atomic E-state index is -0.258. The van der Waals surface area contributed by atoms with E-state index in [1.54, 1.807) is 0 Å². The standard InChI is InChI=1S/C8H11NO2/c1-2-5-6(10)9-7(11)8(5)3-4-8/h5H,2-4H2,1H3,(H,9,10,11). The maximum absolute atomic E-state index is 11.2. The first-order valence-electron chi connectivity index (χ1n) is 4.06. The molecule has 3 heteroatoms. The second-order valence-corrected chi connectivity index (χ2v) is 3.44. The average Bonchev–Trinajstić information content (AvgIpc) is 2.65. The molecule has 1 aliphatic carbocycles. The molecule has 0 bridgehead atoms. The zero-order valence-electron chi connectivity index (χ0n) is 6.52. The van der Waals surface area contributed by atoms with Gasteiger partial charge < -0.3 is 0 Å². The molecule has 1 aliphatic heterocycles. The number of hydrogen-bond donors (Lipinski definition) is 1. The lowest BCUT2D eigenvalue weighted by molar-refractivity contribution is -0.126. The number of carbonyl (C=O) groups is 2. The smallest absolute Gasteiger partial charge is 0.233 e. The maximum atomic E-state index is 11.2. The van der Waals surface area contributed by atoms with Crippen LogP contribution in [0, 0.1) is 11.3 Å². The maximum Gasteiger partial charge on any atom is 0.233 e. The van der Waals surface area contributed by atoms with Crippen LogP contribution in [0.2, 0.25) is 0 Å². The van der Waals surface area contributed by atoms with E-state index in [-0.39, 0.29) is 23.1 Å². The molecule has 0 aromatic heterocycles. The Labute approximate surface area is 65.2 Å². The highest BCUT2D eigenvalue weighted by Crippen LogP contribution is 2.55. The fourth-order valence-corrected chi connectivity index (χ4v) is 2.02. The third-order valence-corrected chi connectivity index (χ3v) is 2.87. The Kier molecular flexibility index (Phi) is 1.14. The van der Waals surface area contributed by atoms with Gasteiger partial charge in [0.15, 0.2) is 0 Å². The van der Waals surface area contributed by atoms with Crippen LogP contribution in [0.25, 0.3) is 0 Å². The van der Waals surface area contributed by atoms with Crippen LogP contribution in [-0.4, -0.2) is 11.8 Å². The number of carbonyl (C=O) groups excluding carboxylic acids is 2. The molecular formula is C8H11NO2. The lowest BCUT2D eigenvalue weighted by atomic mass is 9.90. The van der Waals surface area contributed by atoms with Crippen LogP contribution in [0.4, 0.5) is 0 Å². The van der Waals surface area contributed by atoms with Gasteiger partial charge in [0.2, 0.25) is 11.8 Å². The molecule has 2 amide bonds. The third kappa shape index (κ3) is 0.682. The van der Waals surface area contributed by atoms with Gasteiger partial charge in [0, 0.05) is 0 Å². The summed E-state index contributed by atoms with van der Waals surface area (Å²) in [5, 5.41) is 2.39. The molecule has 0 aromatic rings. The summed E-state index contributed by atoms with van der Waals surface area (Å²) in [5.74, 6) is -0.126.